The number of benzene rings is 1. The molecule has 20 heavy (non-hydrogen) atoms. The van der Waals surface area contributed by atoms with E-state index in [1.165, 1.54) is 0 Å². The lowest BCUT2D eigenvalue weighted by Gasteiger charge is -2.29. The van der Waals surface area contributed by atoms with E-state index in [1.807, 2.05) is 6.07 Å². The van der Waals surface area contributed by atoms with Gasteiger partial charge in [0.1, 0.15) is 13.2 Å². The normalized spacial score (nSPS) is 18.9. The maximum Gasteiger partial charge on any atom is 0.173 e. The second-order valence-corrected chi connectivity index (χ2v) is 5.78. The Morgan fingerprint density at radius 3 is 2.65 bits per heavy atom. The molecule has 1 saturated heterocycles. The van der Waals surface area contributed by atoms with Gasteiger partial charge in [-0.1, -0.05) is 0 Å². The molecule has 0 aromatic heterocycles. The Bertz CT molecular complexity index is 516. The molecule has 1 fully saturated rings. The Morgan fingerprint density at radius 1 is 1.25 bits per heavy atom. The molecule has 1 aromatic carbocycles. The van der Waals surface area contributed by atoms with E-state index in [1.54, 1.807) is 0 Å². The van der Waals surface area contributed by atoms with Crippen molar-refractivity contribution < 1.29 is 14.3 Å². The number of carbonyl (C=O) groups is 1. The van der Waals surface area contributed by atoms with Crippen molar-refractivity contribution in [2.45, 2.75) is 6.54 Å². The van der Waals surface area contributed by atoms with Crippen molar-refractivity contribution in [3.63, 3.8) is 0 Å². The molecule has 2 aliphatic heterocycles. The number of rotatable bonds is 3. The van der Waals surface area contributed by atoms with Gasteiger partial charge in [-0.05, 0) is 22.0 Å². The Labute approximate surface area is 126 Å². The monoisotopic (exact) mass is 340 g/mol. The third-order valence-corrected chi connectivity index (χ3v) is 4.25. The summed E-state index contributed by atoms with van der Waals surface area (Å²) in [4.78, 5) is 13.6. The predicted octanol–water partition coefficient (Wildman–Crippen LogP) is 1.44. The largest absolute Gasteiger partial charge is 0.486 e. The van der Waals surface area contributed by atoms with E-state index in [0.29, 0.717) is 24.5 Å². The third-order valence-electron chi connectivity index (χ3n) is 3.60. The summed E-state index contributed by atoms with van der Waals surface area (Å²) in [7, 11) is 0. The van der Waals surface area contributed by atoms with Gasteiger partial charge in [0, 0.05) is 42.8 Å². The predicted molar refractivity (Wildman–Crippen MR) is 78.7 cm³/mol. The molecule has 0 bridgehead atoms. The van der Waals surface area contributed by atoms with Crippen molar-refractivity contribution in [1.82, 2.24) is 10.2 Å². The second-order valence-electron chi connectivity index (χ2n) is 4.93. The number of halogens is 1. The molecular weight excluding hydrogens is 324 g/mol. The molecule has 108 valence electrons. The number of ether oxygens (including phenoxy) is 2. The molecule has 1 aromatic rings. The fourth-order valence-corrected chi connectivity index (χ4v) is 3.15. The van der Waals surface area contributed by atoms with Crippen LogP contribution in [-0.2, 0) is 6.54 Å². The van der Waals surface area contributed by atoms with Gasteiger partial charge in [0.15, 0.2) is 17.8 Å². The van der Waals surface area contributed by atoms with Gasteiger partial charge in [0.2, 0.25) is 0 Å². The second kappa shape index (κ2) is 6.11. The molecule has 3 rings (SSSR count). The summed E-state index contributed by atoms with van der Waals surface area (Å²) in [6.45, 7) is 5.87. The topological polar surface area (TPSA) is 50.8 Å². The smallest absolute Gasteiger partial charge is 0.173 e. The molecule has 5 nitrogen and oxygen atoms in total. The first-order valence-corrected chi connectivity index (χ1v) is 7.58. The van der Waals surface area contributed by atoms with Gasteiger partial charge in [-0.15, -0.1) is 0 Å². The SMILES string of the molecule is O=Cc1c(Br)cc(CN2CCNCC2)c2c1OCCO2. The number of nitrogens with zero attached hydrogens (tertiary/aromatic N) is 1. The number of hydrogen-bond donors (Lipinski definition) is 1. The minimum atomic E-state index is 0.483. The average Bonchev–Trinajstić information content (AvgIpc) is 2.49. The van der Waals surface area contributed by atoms with Crippen molar-refractivity contribution >= 4 is 22.2 Å². The van der Waals surface area contributed by atoms with E-state index >= 15 is 0 Å². The van der Waals surface area contributed by atoms with Crippen LogP contribution < -0.4 is 14.8 Å². The van der Waals surface area contributed by atoms with Gasteiger partial charge in [0.05, 0.1) is 5.56 Å². The highest BCUT2D eigenvalue weighted by Crippen LogP contribution is 2.41. The summed E-state index contributed by atoms with van der Waals surface area (Å²) in [6.07, 6.45) is 0.812. The highest BCUT2D eigenvalue weighted by molar-refractivity contribution is 9.10. The van der Waals surface area contributed by atoms with E-state index in [-0.39, 0.29) is 0 Å². The average molecular weight is 341 g/mol. The van der Waals surface area contributed by atoms with E-state index in [0.717, 1.165) is 54.8 Å². The number of hydrogen-bond acceptors (Lipinski definition) is 5. The minimum Gasteiger partial charge on any atom is -0.486 e. The number of carbonyl (C=O) groups excluding carboxylic acids is 1. The van der Waals surface area contributed by atoms with Crippen LogP contribution in [0.25, 0.3) is 0 Å². The van der Waals surface area contributed by atoms with Crippen molar-refractivity contribution in [2.24, 2.45) is 0 Å². The van der Waals surface area contributed by atoms with Crippen LogP contribution in [0.5, 0.6) is 11.5 Å². The van der Waals surface area contributed by atoms with Crippen LogP contribution in [0.2, 0.25) is 0 Å². The first kappa shape index (κ1) is 13.9. The molecule has 0 saturated carbocycles. The van der Waals surface area contributed by atoms with E-state index in [2.05, 4.69) is 26.1 Å². The molecule has 0 amide bonds. The Kier molecular flexibility index (Phi) is 4.24. The van der Waals surface area contributed by atoms with Crippen LogP contribution in [0, 0.1) is 0 Å². The summed E-state index contributed by atoms with van der Waals surface area (Å²) in [5.41, 5.74) is 1.60. The summed E-state index contributed by atoms with van der Waals surface area (Å²) < 4.78 is 12.2. The standard InChI is InChI=1S/C14H17BrN2O3/c15-12-7-10(8-17-3-1-16-2-4-17)13-14(11(12)9-18)20-6-5-19-13/h7,9,16H,1-6,8H2. The van der Waals surface area contributed by atoms with Crippen LogP contribution in [0.3, 0.4) is 0 Å². The molecule has 6 heteroatoms. The molecule has 0 spiro atoms. The molecule has 2 heterocycles. The number of nitrogens with one attached hydrogen (secondary N) is 1. The first-order valence-electron chi connectivity index (χ1n) is 6.79. The maximum absolute atomic E-state index is 11.2. The molecular formula is C14H17BrN2O3. The molecule has 0 aliphatic carbocycles. The molecule has 0 unspecified atom stereocenters. The van der Waals surface area contributed by atoms with E-state index in [4.69, 9.17) is 9.47 Å². The lowest BCUT2D eigenvalue weighted by atomic mass is 10.1. The van der Waals surface area contributed by atoms with Gasteiger partial charge in [0.25, 0.3) is 0 Å². The summed E-state index contributed by atoms with van der Waals surface area (Å²) in [5, 5.41) is 3.34. The molecule has 0 atom stereocenters. The van der Waals surface area contributed by atoms with Crippen LogP contribution in [-0.4, -0.2) is 50.6 Å². The fourth-order valence-electron chi connectivity index (χ4n) is 2.60. The van der Waals surface area contributed by atoms with Gasteiger partial charge in [-0.3, -0.25) is 9.69 Å². The van der Waals surface area contributed by atoms with Crippen molar-refractivity contribution in [3.8, 4) is 11.5 Å². The maximum atomic E-state index is 11.2. The zero-order valence-electron chi connectivity index (χ0n) is 11.2. The van der Waals surface area contributed by atoms with Gasteiger partial charge >= 0.3 is 0 Å². The van der Waals surface area contributed by atoms with E-state index < -0.39 is 0 Å². The summed E-state index contributed by atoms with van der Waals surface area (Å²) in [6, 6.07) is 1.97. The van der Waals surface area contributed by atoms with Crippen LogP contribution >= 0.6 is 15.9 Å². The highest BCUT2D eigenvalue weighted by atomic mass is 79.9. The van der Waals surface area contributed by atoms with E-state index in [9.17, 15) is 4.79 Å². The summed E-state index contributed by atoms with van der Waals surface area (Å²) in [5.74, 6) is 1.30. The van der Waals surface area contributed by atoms with Gasteiger partial charge < -0.3 is 14.8 Å². The van der Waals surface area contributed by atoms with Crippen LogP contribution in [0.15, 0.2) is 10.5 Å². The third kappa shape index (κ3) is 2.68. The van der Waals surface area contributed by atoms with Crippen LogP contribution in [0.1, 0.15) is 15.9 Å². The molecule has 1 N–H and O–H groups in total. The number of fused-ring (bicyclic) bond motifs is 1. The zero-order valence-corrected chi connectivity index (χ0v) is 12.7. The lowest BCUT2D eigenvalue weighted by molar-refractivity contribution is 0.111. The fraction of sp³-hybridized carbons (Fsp3) is 0.500. The zero-order chi connectivity index (χ0) is 13.9. The Morgan fingerprint density at radius 2 is 1.95 bits per heavy atom. The van der Waals surface area contributed by atoms with Crippen molar-refractivity contribution in [2.75, 3.05) is 39.4 Å². The van der Waals surface area contributed by atoms with Crippen molar-refractivity contribution in [1.29, 1.82) is 0 Å². The lowest BCUT2D eigenvalue weighted by Crippen LogP contribution is -2.43. The quantitative estimate of drug-likeness (QED) is 0.844. The minimum absolute atomic E-state index is 0.483. The van der Waals surface area contributed by atoms with Crippen LogP contribution in [0.4, 0.5) is 0 Å². The Hall–Kier alpha value is -1.11. The Balaban J connectivity index is 1.93. The van der Waals surface area contributed by atoms with Gasteiger partial charge in [-0.25, -0.2) is 0 Å². The molecule has 2 aliphatic rings. The summed E-state index contributed by atoms with van der Waals surface area (Å²) >= 11 is 3.45. The number of piperazine rings is 1. The first-order chi connectivity index (χ1) is 9.79. The highest BCUT2D eigenvalue weighted by Gasteiger charge is 2.24. The molecule has 0 radical (unpaired) electrons. The van der Waals surface area contributed by atoms with Gasteiger partial charge in [-0.2, -0.15) is 0 Å². The van der Waals surface area contributed by atoms with Crippen molar-refractivity contribution in [3.05, 3.63) is 21.7 Å². The number of aldehydes is 1.